The van der Waals surface area contributed by atoms with Crippen LogP contribution in [0.15, 0.2) is 18.3 Å². The number of hydrogen-bond acceptors (Lipinski definition) is 3. The Kier molecular flexibility index (Phi) is 3.39. The Bertz CT molecular complexity index is 620. The van der Waals surface area contributed by atoms with Gasteiger partial charge in [-0.05, 0) is 74.8 Å². The van der Waals surface area contributed by atoms with E-state index in [0.29, 0.717) is 5.82 Å². The van der Waals surface area contributed by atoms with E-state index in [9.17, 15) is 9.59 Å². The van der Waals surface area contributed by atoms with Crippen LogP contribution in [-0.2, 0) is 9.59 Å². The van der Waals surface area contributed by atoms with Crippen molar-refractivity contribution >= 4 is 17.6 Å². The largest absolute Gasteiger partial charge is 0.342 e. The molecule has 5 nitrogen and oxygen atoms in total. The third kappa shape index (κ3) is 2.73. The summed E-state index contributed by atoms with van der Waals surface area (Å²) in [5.41, 5.74) is 0.714. The van der Waals surface area contributed by atoms with E-state index < -0.39 is 11.8 Å². The first kappa shape index (κ1) is 14.7. The average Bonchev–Trinajstić information content (AvgIpc) is 2.47. The van der Waals surface area contributed by atoms with Gasteiger partial charge in [-0.2, -0.15) is 0 Å². The van der Waals surface area contributed by atoms with Crippen LogP contribution < -0.4 is 10.6 Å². The van der Waals surface area contributed by atoms with Gasteiger partial charge in [0.15, 0.2) is 0 Å². The Morgan fingerprint density at radius 1 is 1.09 bits per heavy atom. The number of aryl methyl sites for hydroxylation is 1. The first-order valence-corrected chi connectivity index (χ1v) is 8.58. The van der Waals surface area contributed by atoms with Crippen LogP contribution in [0.5, 0.6) is 0 Å². The zero-order valence-corrected chi connectivity index (χ0v) is 13.5. The number of rotatable bonds is 2. The molecular formula is C18H23N3O2. The molecule has 122 valence electrons. The van der Waals surface area contributed by atoms with Crippen LogP contribution in [0.3, 0.4) is 0 Å². The Morgan fingerprint density at radius 3 is 2.26 bits per heavy atom. The van der Waals surface area contributed by atoms with Crippen molar-refractivity contribution < 1.29 is 9.59 Å². The average molecular weight is 313 g/mol. The molecule has 0 radical (unpaired) electrons. The normalized spacial score (nSPS) is 34.2. The zero-order valence-electron chi connectivity index (χ0n) is 13.5. The minimum atomic E-state index is -0.609. The van der Waals surface area contributed by atoms with Crippen LogP contribution in [-0.4, -0.2) is 22.3 Å². The summed E-state index contributed by atoms with van der Waals surface area (Å²) in [7, 11) is 0. The van der Waals surface area contributed by atoms with Crippen LogP contribution >= 0.6 is 0 Å². The second-order valence-electron chi connectivity index (χ2n) is 7.78. The predicted octanol–water partition coefficient (Wildman–Crippen LogP) is 2.41. The van der Waals surface area contributed by atoms with Gasteiger partial charge in [-0.1, -0.05) is 6.07 Å². The highest BCUT2D eigenvalue weighted by atomic mass is 16.2. The highest BCUT2D eigenvalue weighted by Gasteiger charge is 2.51. The van der Waals surface area contributed by atoms with Crippen LogP contribution in [0.25, 0.3) is 0 Å². The first-order valence-electron chi connectivity index (χ1n) is 8.58. The summed E-state index contributed by atoms with van der Waals surface area (Å²) < 4.78 is 0. The molecule has 0 aromatic carbocycles. The van der Waals surface area contributed by atoms with E-state index in [1.165, 1.54) is 19.3 Å². The predicted molar refractivity (Wildman–Crippen MR) is 86.6 cm³/mol. The number of carbonyl (C=O) groups excluding carboxylic acids is 2. The van der Waals surface area contributed by atoms with Crippen molar-refractivity contribution in [3.05, 3.63) is 23.9 Å². The Balaban J connectivity index is 1.44. The minimum absolute atomic E-state index is 0.137. The third-order valence-corrected chi connectivity index (χ3v) is 5.86. The maximum absolute atomic E-state index is 12.4. The topological polar surface area (TPSA) is 71.1 Å². The van der Waals surface area contributed by atoms with Gasteiger partial charge in [0.1, 0.15) is 5.82 Å². The SMILES string of the molecule is Cc1cccnc1NC(=O)C(=O)NC12CC3CC(CC(C3)C1)C2. The van der Waals surface area contributed by atoms with E-state index in [0.717, 1.165) is 42.6 Å². The molecule has 2 amide bonds. The number of nitrogens with one attached hydrogen (secondary N) is 2. The molecule has 0 saturated heterocycles. The lowest BCUT2D eigenvalue weighted by Gasteiger charge is -2.56. The van der Waals surface area contributed by atoms with Crippen molar-refractivity contribution in [2.75, 3.05) is 5.32 Å². The Hall–Kier alpha value is -1.91. The lowest BCUT2D eigenvalue weighted by molar-refractivity contribution is -0.139. The van der Waals surface area contributed by atoms with E-state index in [4.69, 9.17) is 0 Å². The number of amides is 2. The minimum Gasteiger partial charge on any atom is -0.342 e. The molecule has 1 heterocycles. The molecule has 0 unspecified atom stereocenters. The molecule has 4 fully saturated rings. The molecule has 1 aromatic heterocycles. The second-order valence-corrected chi connectivity index (χ2v) is 7.78. The van der Waals surface area contributed by atoms with E-state index in [-0.39, 0.29) is 5.54 Å². The first-order chi connectivity index (χ1) is 11.0. The van der Waals surface area contributed by atoms with Crippen molar-refractivity contribution in [2.45, 2.75) is 51.0 Å². The van der Waals surface area contributed by atoms with Crippen molar-refractivity contribution in [2.24, 2.45) is 17.8 Å². The molecule has 2 N–H and O–H groups in total. The lowest BCUT2D eigenvalue weighted by atomic mass is 9.53. The number of anilines is 1. The van der Waals surface area contributed by atoms with E-state index >= 15 is 0 Å². The molecule has 5 heteroatoms. The number of pyridine rings is 1. The summed E-state index contributed by atoms with van der Waals surface area (Å²) in [5.74, 6) is 1.55. The standard InChI is InChI=1S/C18H23N3O2/c1-11-3-2-4-19-15(11)20-16(22)17(23)21-18-8-12-5-13(9-18)7-14(6-12)10-18/h2-4,12-14H,5-10H2,1H3,(H,21,23)(H,19,20,22). The number of hydrogen-bond donors (Lipinski definition) is 2. The fourth-order valence-corrected chi connectivity index (χ4v) is 5.34. The summed E-state index contributed by atoms with van der Waals surface area (Å²) in [6, 6.07) is 3.67. The van der Waals surface area contributed by atoms with E-state index in [1.807, 2.05) is 13.0 Å². The van der Waals surface area contributed by atoms with Gasteiger partial charge in [-0.15, -0.1) is 0 Å². The smallest absolute Gasteiger partial charge is 0.314 e. The molecule has 23 heavy (non-hydrogen) atoms. The van der Waals surface area contributed by atoms with E-state index in [1.54, 1.807) is 12.3 Å². The van der Waals surface area contributed by atoms with Crippen LogP contribution in [0, 0.1) is 24.7 Å². The summed E-state index contributed by atoms with van der Waals surface area (Å²) in [6.45, 7) is 1.86. The van der Waals surface area contributed by atoms with Gasteiger partial charge in [0, 0.05) is 11.7 Å². The van der Waals surface area contributed by atoms with Gasteiger partial charge >= 0.3 is 11.8 Å². The highest BCUT2D eigenvalue weighted by Crippen LogP contribution is 2.55. The number of nitrogens with zero attached hydrogens (tertiary/aromatic N) is 1. The van der Waals surface area contributed by atoms with Gasteiger partial charge in [0.05, 0.1) is 0 Å². The molecular weight excluding hydrogens is 290 g/mol. The lowest BCUT2D eigenvalue weighted by Crippen LogP contribution is -2.61. The van der Waals surface area contributed by atoms with Gasteiger partial charge in [0.2, 0.25) is 0 Å². The summed E-state index contributed by atoms with van der Waals surface area (Å²) in [5, 5.41) is 5.72. The Morgan fingerprint density at radius 2 is 1.70 bits per heavy atom. The third-order valence-electron chi connectivity index (χ3n) is 5.86. The molecule has 4 aliphatic carbocycles. The molecule has 4 saturated carbocycles. The van der Waals surface area contributed by atoms with Gasteiger partial charge < -0.3 is 10.6 Å². The quantitative estimate of drug-likeness (QED) is 0.824. The molecule has 5 rings (SSSR count). The van der Waals surface area contributed by atoms with Gasteiger partial charge in [-0.25, -0.2) is 4.98 Å². The maximum atomic E-state index is 12.4. The summed E-state index contributed by atoms with van der Waals surface area (Å²) in [4.78, 5) is 28.7. The summed E-state index contributed by atoms with van der Waals surface area (Å²) >= 11 is 0. The van der Waals surface area contributed by atoms with Crippen molar-refractivity contribution in [1.29, 1.82) is 0 Å². The molecule has 0 aliphatic heterocycles. The van der Waals surface area contributed by atoms with Crippen molar-refractivity contribution in [1.82, 2.24) is 10.3 Å². The number of carbonyl (C=O) groups is 2. The fourth-order valence-electron chi connectivity index (χ4n) is 5.34. The van der Waals surface area contributed by atoms with Crippen molar-refractivity contribution in [3.63, 3.8) is 0 Å². The Labute approximate surface area is 136 Å². The zero-order chi connectivity index (χ0) is 16.0. The molecule has 4 bridgehead atoms. The van der Waals surface area contributed by atoms with Crippen LogP contribution in [0.4, 0.5) is 5.82 Å². The molecule has 4 aliphatic rings. The van der Waals surface area contributed by atoms with Crippen LogP contribution in [0.2, 0.25) is 0 Å². The molecule has 0 atom stereocenters. The molecule has 1 aromatic rings. The van der Waals surface area contributed by atoms with E-state index in [2.05, 4.69) is 15.6 Å². The number of aromatic nitrogens is 1. The maximum Gasteiger partial charge on any atom is 0.314 e. The summed E-state index contributed by atoms with van der Waals surface area (Å²) in [6.07, 6.45) is 8.68. The highest BCUT2D eigenvalue weighted by molar-refractivity contribution is 6.39. The molecule has 0 spiro atoms. The van der Waals surface area contributed by atoms with Gasteiger partial charge in [-0.3, -0.25) is 9.59 Å². The monoisotopic (exact) mass is 313 g/mol. The van der Waals surface area contributed by atoms with Crippen molar-refractivity contribution in [3.8, 4) is 0 Å². The second kappa shape index (κ2) is 5.32. The van der Waals surface area contributed by atoms with Gasteiger partial charge in [0.25, 0.3) is 0 Å². The van der Waals surface area contributed by atoms with Crippen LogP contribution in [0.1, 0.15) is 44.1 Å². The fraction of sp³-hybridized carbons (Fsp3) is 0.611.